The third kappa shape index (κ3) is 3.62. The number of aromatic nitrogens is 2. The van der Waals surface area contributed by atoms with E-state index in [-0.39, 0.29) is 35.3 Å². The van der Waals surface area contributed by atoms with Gasteiger partial charge in [-0.3, -0.25) is 9.20 Å². The van der Waals surface area contributed by atoms with Crippen LogP contribution in [0.15, 0.2) is 41.2 Å². The standard InChI is InChI=1S/C23H23FN2O7/c1-4-31-22(28)23(29,12-33-32-5-2)18-15-11-13(24)9-10-16(15)26-20(18)25-19-14(21(26)27)7-6-8-17(19)30-3/h6-11,25,29H,4-5,12H2,1-3H3. The number of ether oxygens (including phenoxy) is 2. The average molecular weight is 458 g/mol. The zero-order chi connectivity index (χ0) is 23.8. The Morgan fingerprint density at radius 1 is 1.15 bits per heavy atom. The first-order chi connectivity index (χ1) is 15.9. The molecule has 9 nitrogen and oxygen atoms in total. The van der Waals surface area contributed by atoms with Crippen LogP contribution in [0.2, 0.25) is 0 Å². The molecular weight excluding hydrogens is 435 g/mol. The van der Waals surface area contributed by atoms with Crippen LogP contribution in [0.3, 0.4) is 0 Å². The molecule has 0 amide bonds. The molecule has 0 saturated carbocycles. The molecule has 0 fully saturated rings. The first kappa shape index (κ1) is 22.7. The van der Waals surface area contributed by atoms with E-state index < -0.39 is 29.6 Å². The number of benzene rings is 2. The summed E-state index contributed by atoms with van der Waals surface area (Å²) in [4.78, 5) is 39.5. The van der Waals surface area contributed by atoms with Gasteiger partial charge in [-0.05, 0) is 44.2 Å². The van der Waals surface area contributed by atoms with Crippen LogP contribution in [-0.2, 0) is 24.9 Å². The summed E-state index contributed by atoms with van der Waals surface area (Å²) in [7, 11) is 1.45. The van der Waals surface area contributed by atoms with Crippen LogP contribution in [0.4, 0.5) is 4.39 Å². The quantitative estimate of drug-likeness (QED) is 0.181. The lowest BCUT2D eigenvalue weighted by atomic mass is 9.93. The van der Waals surface area contributed by atoms with Gasteiger partial charge < -0.3 is 19.6 Å². The molecule has 10 heteroatoms. The van der Waals surface area contributed by atoms with E-state index in [0.717, 1.165) is 6.07 Å². The van der Waals surface area contributed by atoms with Gasteiger partial charge in [-0.1, -0.05) is 6.07 Å². The smallest absolute Gasteiger partial charge is 0.345 e. The zero-order valence-electron chi connectivity index (χ0n) is 18.3. The summed E-state index contributed by atoms with van der Waals surface area (Å²) in [5.41, 5.74) is -2.26. The molecule has 4 rings (SSSR count). The summed E-state index contributed by atoms with van der Waals surface area (Å²) in [6, 6.07) is 8.66. The average Bonchev–Trinajstić information content (AvgIpc) is 3.13. The Hall–Kier alpha value is -3.47. The SMILES string of the molecule is CCOOCC(O)(C(=O)OCC)c1c2cc(F)ccc2n2c(=O)c3cccc(OC)c3[nH]c12. The molecule has 2 aromatic carbocycles. The maximum atomic E-state index is 14.3. The number of fused-ring (bicyclic) bond motifs is 4. The fourth-order valence-electron chi connectivity index (χ4n) is 3.95. The summed E-state index contributed by atoms with van der Waals surface area (Å²) >= 11 is 0. The maximum absolute atomic E-state index is 14.3. The molecule has 0 aliphatic heterocycles. The van der Waals surface area contributed by atoms with Crippen molar-refractivity contribution in [3.63, 3.8) is 0 Å². The summed E-state index contributed by atoms with van der Waals surface area (Å²) in [5.74, 6) is -1.28. The predicted octanol–water partition coefficient (Wildman–Crippen LogP) is 2.80. The number of hydrogen-bond acceptors (Lipinski definition) is 7. The molecule has 2 aromatic heterocycles. The molecule has 0 spiro atoms. The lowest BCUT2D eigenvalue weighted by Crippen LogP contribution is -2.42. The van der Waals surface area contributed by atoms with Crippen LogP contribution in [-0.4, -0.2) is 47.4 Å². The molecule has 1 atom stereocenters. The van der Waals surface area contributed by atoms with Crippen molar-refractivity contribution in [3.05, 3.63) is 58.1 Å². The highest BCUT2D eigenvalue weighted by Crippen LogP contribution is 2.37. The first-order valence-corrected chi connectivity index (χ1v) is 10.3. The van der Waals surface area contributed by atoms with Crippen molar-refractivity contribution in [1.82, 2.24) is 9.38 Å². The number of para-hydroxylation sites is 1. The highest BCUT2D eigenvalue weighted by atomic mass is 19.1. The molecule has 0 aliphatic carbocycles. The van der Waals surface area contributed by atoms with Gasteiger partial charge in [0.05, 0.1) is 36.7 Å². The molecule has 1 unspecified atom stereocenters. The molecule has 174 valence electrons. The van der Waals surface area contributed by atoms with Crippen LogP contribution in [0.25, 0.3) is 27.5 Å². The van der Waals surface area contributed by atoms with Gasteiger partial charge in [0.2, 0.25) is 5.60 Å². The Balaban J connectivity index is 2.17. The van der Waals surface area contributed by atoms with E-state index in [1.165, 1.54) is 23.6 Å². The van der Waals surface area contributed by atoms with E-state index in [1.54, 1.807) is 32.0 Å². The van der Waals surface area contributed by atoms with Crippen molar-refractivity contribution in [1.29, 1.82) is 0 Å². The number of carbonyl (C=O) groups excluding carboxylic acids is 1. The molecule has 2 N–H and O–H groups in total. The number of halogens is 1. The van der Waals surface area contributed by atoms with Crippen molar-refractivity contribution in [3.8, 4) is 5.75 Å². The minimum absolute atomic E-state index is 0.0267. The van der Waals surface area contributed by atoms with E-state index in [4.69, 9.17) is 19.2 Å². The Kier molecular flexibility index (Phi) is 6.07. The molecule has 0 radical (unpaired) electrons. The zero-order valence-corrected chi connectivity index (χ0v) is 18.3. The number of aliphatic hydroxyl groups is 1. The normalized spacial score (nSPS) is 13.5. The van der Waals surface area contributed by atoms with Crippen LogP contribution in [0.1, 0.15) is 19.4 Å². The van der Waals surface area contributed by atoms with Crippen LogP contribution < -0.4 is 10.3 Å². The number of nitrogens with zero attached hydrogens (tertiary/aromatic N) is 1. The van der Waals surface area contributed by atoms with Gasteiger partial charge in [0.15, 0.2) is 0 Å². The Labute approximate surface area is 187 Å². The number of rotatable bonds is 8. The predicted molar refractivity (Wildman–Crippen MR) is 118 cm³/mol. The largest absolute Gasteiger partial charge is 0.495 e. The van der Waals surface area contributed by atoms with Gasteiger partial charge in [-0.15, -0.1) is 0 Å². The summed E-state index contributed by atoms with van der Waals surface area (Å²) in [5, 5.41) is 12.0. The maximum Gasteiger partial charge on any atom is 0.345 e. The van der Waals surface area contributed by atoms with Gasteiger partial charge >= 0.3 is 5.97 Å². The number of H-pyrrole nitrogens is 1. The van der Waals surface area contributed by atoms with E-state index in [1.807, 2.05) is 0 Å². The highest BCUT2D eigenvalue weighted by molar-refractivity contribution is 6.00. The lowest BCUT2D eigenvalue weighted by molar-refractivity contribution is -0.313. The van der Waals surface area contributed by atoms with Gasteiger partial charge in [0.25, 0.3) is 5.56 Å². The minimum atomic E-state index is -2.43. The highest BCUT2D eigenvalue weighted by Gasteiger charge is 2.45. The number of aromatic amines is 1. The van der Waals surface area contributed by atoms with Gasteiger partial charge in [-0.2, -0.15) is 0 Å². The monoisotopic (exact) mass is 458 g/mol. The molecule has 2 heterocycles. The lowest BCUT2D eigenvalue weighted by Gasteiger charge is -2.25. The third-order valence-corrected chi connectivity index (χ3v) is 5.35. The Bertz CT molecular complexity index is 1410. The molecule has 0 saturated heterocycles. The summed E-state index contributed by atoms with van der Waals surface area (Å²) in [6.45, 7) is 2.72. The number of hydrogen-bond donors (Lipinski definition) is 2. The van der Waals surface area contributed by atoms with E-state index >= 15 is 0 Å². The summed E-state index contributed by atoms with van der Waals surface area (Å²) < 4.78 is 26.1. The van der Waals surface area contributed by atoms with Crippen LogP contribution in [0.5, 0.6) is 5.75 Å². The topological polar surface area (TPSA) is 111 Å². The molecule has 33 heavy (non-hydrogen) atoms. The molecule has 0 aliphatic rings. The molecule has 0 bridgehead atoms. The minimum Gasteiger partial charge on any atom is -0.495 e. The van der Waals surface area contributed by atoms with Crippen molar-refractivity contribution in [2.75, 3.05) is 26.9 Å². The number of esters is 1. The van der Waals surface area contributed by atoms with E-state index in [2.05, 4.69) is 4.98 Å². The molecule has 4 aromatic rings. The first-order valence-electron chi connectivity index (χ1n) is 10.3. The second kappa shape index (κ2) is 8.81. The number of nitrogens with one attached hydrogen (secondary N) is 1. The Morgan fingerprint density at radius 2 is 1.94 bits per heavy atom. The fourth-order valence-corrected chi connectivity index (χ4v) is 3.95. The summed E-state index contributed by atoms with van der Waals surface area (Å²) in [6.07, 6.45) is 0. The van der Waals surface area contributed by atoms with Crippen molar-refractivity contribution < 1.29 is 33.5 Å². The van der Waals surface area contributed by atoms with E-state index in [9.17, 15) is 19.1 Å². The van der Waals surface area contributed by atoms with Crippen molar-refractivity contribution in [2.24, 2.45) is 0 Å². The number of methoxy groups -OCH3 is 1. The third-order valence-electron chi connectivity index (χ3n) is 5.35. The van der Waals surface area contributed by atoms with Crippen LogP contribution in [0, 0.1) is 5.82 Å². The Morgan fingerprint density at radius 3 is 2.64 bits per heavy atom. The fraction of sp³-hybridized carbons (Fsp3) is 0.304. The van der Waals surface area contributed by atoms with Crippen LogP contribution >= 0.6 is 0 Å². The molecular formula is C23H23FN2O7. The second-order valence-electron chi connectivity index (χ2n) is 7.28. The van der Waals surface area contributed by atoms with Gasteiger partial charge in [0, 0.05) is 10.9 Å². The van der Waals surface area contributed by atoms with Crippen molar-refractivity contribution in [2.45, 2.75) is 19.4 Å². The van der Waals surface area contributed by atoms with Gasteiger partial charge in [0.1, 0.15) is 23.8 Å². The second-order valence-corrected chi connectivity index (χ2v) is 7.28. The van der Waals surface area contributed by atoms with Crippen molar-refractivity contribution >= 4 is 33.4 Å². The van der Waals surface area contributed by atoms with E-state index in [0.29, 0.717) is 16.7 Å². The number of carbonyl (C=O) groups is 1. The van der Waals surface area contributed by atoms with Gasteiger partial charge in [-0.25, -0.2) is 19.0 Å².